The molecule has 8 heteroatoms. The number of amidine groups is 1. The van der Waals surface area contributed by atoms with Crippen LogP contribution in [0.1, 0.15) is 12.0 Å². The first-order valence-corrected chi connectivity index (χ1v) is 9.10. The SMILES string of the molecule is Fc1ccc2c(c1)N=C(N[C@H]1CCNC1)c1cc(Cl)ccc1N2CC(F)F. The molecule has 1 fully saturated rings. The Kier molecular flexibility index (Phi) is 4.97. The third kappa shape index (κ3) is 3.75. The second-order valence-corrected chi connectivity index (χ2v) is 7.03. The van der Waals surface area contributed by atoms with Crippen LogP contribution in [-0.2, 0) is 0 Å². The number of fused-ring (bicyclic) bond motifs is 2. The van der Waals surface area contributed by atoms with Crippen molar-refractivity contribution in [2.75, 3.05) is 24.5 Å². The summed E-state index contributed by atoms with van der Waals surface area (Å²) in [4.78, 5) is 6.06. The first kappa shape index (κ1) is 18.1. The van der Waals surface area contributed by atoms with Crippen LogP contribution in [0.5, 0.6) is 0 Å². The fourth-order valence-corrected chi connectivity index (χ4v) is 3.65. The third-order valence-electron chi connectivity index (χ3n) is 4.69. The molecule has 0 spiro atoms. The molecule has 2 aliphatic heterocycles. The van der Waals surface area contributed by atoms with Crippen molar-refractivity contribution < 1.29 is 13.2 Å². The molecule has 27 heavy (non-hydrogen) atoms. The number of halogens is 4. The van der Waals surface area contributed by atoms with Crippen molar-refractivity contribution in [2.24, 2.45) is 4.99 Å². The van der Waals surface area contributed by atoms with Gasteiger partial charge >= 0.3 is 0 Å². The highest BCUT2D eigenvalue weighted by Gasteiger charge is 2.27. The van der Waals surface area contributed by atoms with E-state index >= 15 is 0 Å². The summed E-state index contributed by atoms with van der Waals surface area (Å²) in [6, 6.07) is 9.19. The number of alkyl halides is 2. The van der Waals surface area contributed by atoms with E-state index < -0.39 is 18.8 Å². The van der Waals surface area contributed by atoms with E-state index in [0.29, 0.717) is 33.5 Å². The quantitative estimate of drug-likeness (QED) is 0.818. The molecule has 0 aliphatic carbocycles. The Morgan fingerprint density at radius 3 is 2.78 bits per heavy atom. The molecule has 2 aliphatic rings. The maximum Gasteiger partial charge on any atom is 0.256 e. The number of hydrogen-bond donors (Lipinski definition) is 2. The molecule has 1 atom stereocenters. The van der Waals surface area contributed by atoms with Crippen molar-refractivity contribution in [3.05, 3.63) is 52.8 Å². The van der Waals surface area contributed by atoms with Gasteiger partial charge in [-0.2, -0.15) is 0 Å². The van der Waals surface area contributed by atoms with E-state index in [1.807, 2.05) is 0 Å². The van der Waals surface area contributed by atoms with Gasteiger partial charge in [0.25, 0.3) is 6.43 Å². The summed E-state index contributed by atoms with van der Waals surface area (Å²) in [6.45, 7) is 1.13. The molecule has 0 unspecified atom stereocenters. The van der Waals surface area contributed by atoms with Gasteiger partial charge in [0, 0.05) is 29.2 Å². The molecule has 0 radical (unpaired) electrons. The van der Waals surface area contributed by atoms with Gasteiger partial charge in [0.1, 0.15) is 11.7 Å². The summed E-state index contributed by atoms with van der Waals surface area (Å²) in [5, 5.41) is 7.10. The van der Waals surface area contributed by atoms with Gasteiger partial charge in [0.05, 0.1) is 23.6 Å². The van der Waals surface area contributed by atoms with E-state index in [9.17, 15) is 13.2 Å². The monoisotopic (exact) mass is 394 g/mol. The Labute approximate surface area is 160 Å². The van der Waals surface area contributed by atoms with Crippen molar-refractivity contribution in [1.82, 2.24) is 10.6 Å². The van der Waals surface area contributed by atoms with Crippen LogP contribution < -0.4 is 15.5 Å². The predicted molar refractivity (Wildman–Crippen MR) is 101 cm³/mol. The Bertz CT molecular complexity index is 881. The van der Waals surface area contributed by atoms with Gasteiger partial charge in [-0.25, -0.2) is 18.2 Å². The third-order valence-corrected chi connectivity index (χ3v) is 4.92. The van der Waals surface area contributed by atoms with E-state index in [0.717, 1.165) is 19.5 Å². The number of benzene rings is 2. The van der Waals surface area contributed by atoms with Crippen LogP contribution >= 0.6 is 11.6 Å². The van der Waals surface area contributed by atoms with Gasteiger partial charge in [-0.3, -0.25) is 0 Å². The zero-order valence-electron chi connectivity index (χ0n) is 14.4. The molecule has 0 saturated carbocycles. The second kappa shape index (κ2) is 7.40. The van der Waals surface area contributed by atoms with Gasteiger partial charge in [-0.1, -0.05) is 11.6 Å². The largest absolute Gasteiger partial charge is 0.365 e. The average Bonchev–Trinajstić information content (AvgIpc) is 3.09. The predicted octanol–water partition coefficient (Wildman–Crippen LogP) is 4.23. The fraction of sp³-hybridized carbons (Fsp3) is 0.316. The smallest absolute Gasteiger partial charge is 0.256 e. The summed E-state index contributed by atoms with van der Waals surface area (Å²) in [5.74, 6) is 0.0326. The minimum atomic E-state index is -2.57. The standard InChI is InChI=1S/C19H18ClF3N4/c20-11-1-3-16-14(7-11)19(25-13-5-6-24-9-13)26-15-8-12(21)2-4-17(15)27(16)10-18(22)23/h1-4,7-8,13,18,24H,5-6,9-10H2,(H,25,26)/t13-/m0/s1. The Balaban J connectivity index is 1.88. The number of rotatable bonds is 3. The van der Waals surface area contributed by atoms with Gasteiger partial charge < -0.3 is 15.5 Å². The van der Waals surface area contributed by atoms with E-state index in [-0.39, 0.29) is 6.04 Å². The van der Waals surface area contributed by atoms with Crippen LogP contribution in [0.4, 0.5) is 30.2 Å². The van der Waals surface area contributed by atoms with E-state index in [4.69, 9.17) is 11.6 Å². The van der Waals surface area contributed by atoms with Crippen molar-refractivity contribution in [3.8, 4) is 0 Å². The molecule has 4 rings (SSSR count). The number of nitrogens with zero attached hydrogens (tertiary/aromatic N) is 2. The average molecular weight is 395 g/mol. The topological polar surface area (TPSA) is 39.7 Å². The maximum absolute atomic E-state index is 13.9. The number of nitrogens with one attached hydrogen (secondary N) is 2. The Hall–Kier alpha value is -2.25. The highest BCUT2D eigenvalue weighted by Crippen LogP contribution is 2.40. The van der Waals surface area contributed by atoms with Crippen LogP contribution in [0.25, 0.3) is 0 Å². The number of aliphatic imine (C=N–C) groups is 1. The molecule has 2 N–H and O–H groups in total. The highest BCUT2D eigenvalue weighted by atomic mass is 35.5. The van der Waals surface area contributed by atoms with Crippen molar-refractivity contribution in [3.63, 3.8) is 0 Å². The normalized spacial score (nSPS) is 18.8. The molecule has 0 bridgehead atoms. The number of anilines is 2. The summed E-state index contributed by atoms with van der Waals surface area (Å²) in [5.41, 5.74) is 1.91. The van der Waals surface area contributed by atoms with E-state index in [1.165, 1.54) is 23.1 Å². The van der Waals surface area contributed by atoms with Crippen LogP contribution in [0.15, 0.2) is 41.4 Å². The Morgan fingerprint density at radius 1 is 1.22 bits per heavy atom. The molecule has 2 aromatic rings. The van der Waals surface area contributed by atoms with Gasteiger partial charge in [-0.05, 0) is 43.3 Å². The molecule has 2 heterocycles. The van der Waals surface area contributed by atoms with Crippen LogP contribution in [0.3, 0.4) is 0 Å². The number of hydrogen-bond acceptors (Lipinski definition) is 4. The van der Waals surface area contributed by atoms with Crippen molar-refractivity contribution in [1.29, 1.82) is 0 Å². The second-order valence-electron chi connectivity index (χ2n) is 6.59. The highest BCUT2D eigenvalue weighted by molar-refractivity contribution is 6.31. The molecule has 0 aromatic heterocycles. The minimum absolute atomic E-state index is 0.147. The molecule has 4 nitrogen and oxygen atoms in total. The zero-order valence-corrected chi connectivity index (χ0v) is 15.1. The molecular weight excluding hydrogens is 377 g/mol. The molecule has 142 valence electrons. The van der Waals surface area contributed by atoms with Crippen molar-refractivity contribution >= 4 is 34.5 Å². The molecular formula is C19H18ClF3N4. The lowest BCUT2D eigenvalue weighted by atomic mass is 10.1. The van der Waals surface area contributed by atoms with Crippen LogP contribution in [-0.4, -0.2) is 37.9 Å². The van der Waals surface area contributed by atoms with Gasteiger partial charge in [-0.15, -0.1) is 0 Å². The lowest BCUT2D eigenvalue weighted by Gasteiger charge is -2.26. The fourth-order valence-electron chi connectivity index (χ4n) is 3.47. The molecule has 0 amide bonds. The first-order chi connectivity index (χ1) is 13.0. The van der Waals surface area contributed by atoms with Crippen LogP contribution in [0.2, 0.25) is 5.02 Å². The minimum Gasteiger partial charge on any atom is -0.365 e. The molecule has 2 aromatic carbocycles. The first-order valence-electron chi connectivity index (χ1n) is 8.72. The summed E-state index contributed by atoms with van der Waals surface area (Å²) in [7, 11) is 0. The van der Waals surface area contributed by atoms with E-state index in [1.54, 1.807) is 18.2 Å². The molecule has 1 saturated heterocycles. The summed E-state index contributed by atoms with van der Waals surface area (Å²) in [6.07, 6.45) is -1.66. The summed E-state index contributed by atoms with van der Waals surface area (Å²) < 4.78 is 40.5. The van der Waals surface area contributed by atoms with Crippen molar-refractivity contribution in [2.45, 2.75) is 18.9 Å². The van der Waals surface area contributed by atoms with Gasteiger partial charge in [0.15, 0.2) is 0 Å². The lowest BCUT2D eigenvalue weighted by molar-refractivity contribution is 0.158. The Morgan fingerprint density at radius 2 is 2.04 bits per heavy atom. The lowest BCUT2D eigenvalue weighted by Crippen LogP contribution is -2.37. The zero-order chi connectivity index (χ0) is 19.0. The van der Waals surface area contributed by atoms with Gasteiger partial charge in [0.2, 0.25) is 0 Å². The summed E-state index contributed by atoms with van der Waals surface area (Å²) >= 11 is 6.18. The van der Waals surface area contributed by atoms with Crippen LogP contribution in [0, 0.1) is 5.82 Å². The van der Waals surface area contributed by atoms with E-state index in [2.05, 4.69) is 15.6 Å². The maximum atomic E-state index is 13.9.